The summed E-state index contributed by atoms with van der Waals surface area (Å²) in [5.74, 6) is -1.40. The van der Waals surface area contributed by atoms with E-state index >= 15 is 0 Å². The fourth-order valence-corrected chi connectivity index (χ4v) is 2.96. The quantitative estimate of drug-likeness (QED) is 0.861. The number of nitrogens with zero attached hydrogens (tertiary/aromatic N) is 3. The lowest BCUT2D eigenvalue weighted by atomic mass is 10.1. The van der Waals surface area contributed by atoms with Crippen LogP contribution in [0.3, 0.4) is 0 Å². The minimum atomic E-state index is -1.09. The van der Waals surface area contributed by atoms with Crippen LogP contribution < -0.4 is 5.56 Å². The number of rotatable bonds is 4. The van der Waals surface area contributed by atoms with Gasteiger partial charge < -0.3 is 14.7 Å². The van der Waals surface area contributed by atoms with E-state index in [9.17, 15) is 19.5 Å². The minimum absolute atomic E-state index is 0.0160. The first kappa shape index (κ1) is 17.1. The molecule has 0 aliphatic carbocycles. The number of aliphatic carboxylic acids is 1. The van der Waals surface area contributed by atoms with Crippen molar-refractivity contribution >= 4 is 22.8 Å². The van der Waals surface area contributed by atoms with Gasteiger partial charge >= 0.3 is 5.97 Å². The van der Waals surface area contributed by atoms with Gasteiger partial charge in [-0.2, -0.15) is 0 Å². The Labute approximate surface area is 143 Å². The molecule has 25 heavy (non-hydrogen) atoms. The van der Waals surface area contributed by atoms with Crippen molar-refractivity contribution in [1.82, 2.24) is 14.5 Å². The average molecular weight is 345 g/mol. The van der Waals surface area contributed by atoms with Crippen molar-refractivity contribution in [3.8, 4) is 0 Å². The van der Waals surface area contributed by atoms with E-state index in [0.29, 0.717) is 17.5 Å². The van der Waals surface area contributed by atoms with Gasteiger partial charge in [0.05, 0.1) is 30.4 Å². The summed E-state index contributed by atoms with van der Waals surface area (Å²) in [5, 5.41) is 9.70. The molecule has 1 N–H and O–H groups in total. The second kappa shape index (κ2) is 7.02. The number of benzene rings is 1. The third kappa shape index (κ3) is 3.39. The van der Waals surface area contributed by atoms with Crippen molar-refractivity contribution in [2.24, 2.45) is 0 Å². The van der Waals surface area contributed by atoms with Gasteiger partial charge in [0.2, 0.25) is 5.91 Å². The number of para-hydroxylation sites is 1. The minimum Gasteiger partial charge on any atom is -0.480 e. The van der Waals surface area contributed by atoms with Crippen molar-refractivity contribution in [2.45, 2.75) is 25.9 Å². The molecule has 8 nitrogen and oxygen atoms in total. The molecular weight excluding hydrogens is 326 g/mol. The molecule has 1 atom stereocenters. The summed E-state index contributed by atoms with van der Waals surface area (Å²) in [7, 11) is 0. The summed E-state index contributed by atoms with van der Waals surface area (Å²) in [4.78, 5) is 41.7. The molecule has 0 saturated carbocycles. The SMILES string of the molecule is Cc1cccc2c(=O)n(CCC(=O)N3CCOC[C@@H]3C(=O)O)cnc12. The number of aryl methyl sites for hydroxylation is 2. The van der Waals surface area contributed by atoms with E-state index in [-0.39, 0.29) is 37.6 Å². The van der Waals surface area contributed by atoms with E-state index in [2.05, 4.69) is 4.98 Å². The van der Waals surface area contributed by atoms with Gasteiger partial charge in [0, 0.05) is 19.5 Å². The number of morpholine rings is 1. The van der Waals surface area contributed by atoms with Gasteiger partial charge in [0.15, 0.2) is 6.04 Å². The lowest BCUT2D eigenvalue weighted by Crippen LogP contribution is -2.52. The summed E-state index contributed by atoms with van der Waals surface area (Å²) in [6.07, 6.45) is 1.46. The van der Waals surface area contributed by atoms with Gasteiger partial charge in [-0.3, -0.25) is 14.2 Å². The van der Waals surface area contributed by atoms with Crippen LogP contribution in [0.4, 0.5) is 0 Å². The Morgan fingerprint density at radius 3 is 2.96 bits per heavy atom. The fourth-order valence-electron chi connectivity index (χ4n) is 2.96. The number of hydrogen-bond acceptors (Lipinski definition) is 5. The van der Waals surface area contributed by atoms with Gasteiger partial charge in [0.1, 0.15) is 0 Å². The summed E-state index contributed by atoms with van der Waals surface area (Å²) in [5.41, 5.74) is 1.35. The van der Waals surface area contributed by atoms with Crippen molar-refractivity contribution < 1.29 is 19.4 Å². The maximum absolute atomic E-state index is 12.5. The molecule has 1 aliphatic rings. The van der Waals surface area contributed by atoms with E-state index < -0.39 is 12.0 Å². The Balaban J connectivity index is 1.76. The Kier molecular flexibility index (Phi) is 4.80. The maximum Gasteiger partial charge on any atom is 0.328 e. The molecule has 1 amide bonds. The van der Waals surface area contributed by atoms with E-state index in [1.807, 2.05) is 13.0 Å². The molecule has 2 heterocycles. The molecule has 0 bridgehead atoms. The molecule has 1 aliphatic heterocycles. The normalized spacial score (nSPS) is 17.6. The molecule has 1 aromatic carbocycles. The van der Waals surface area contributed by atoms with Crippen LogP contribution in [-0.4, -0.2) is 57.2 Å². The molecule has 3 rings (SSSR count). The third-order valence-corrected chi connectivity index (χ3v) is 4.36. The predicted molar refractivity (Wildman–Crippen MR) is 89.3 cm³/mol. The number of carboxylic acid groups (broad SMARTS) is 1. The number of amides is 1. The van der Waals surface area contributed by atoms with Crippen LogP contribution in [0.25, 0.3) is 10.9 Å². The van der Waals surface area contributed by atoms with Gasteiger partial charge in [-0.15, -0.1) is 0 Å². The number of carbonyl (C=O) groups is 2. The van der Waals surface area contributed by atoms with Crippen LogP contribution in [0.2, 0.25) is 0 Å². The van der Waals surface area contributed by atoms with Crippen LogP contribution in [0, 0.1) is 6.92 Å². The smallest absolute Gasteiger partial charge is 0.328 e. The van der Waals surface area contributed by atoms with Gasteiger partial charge in [0.25, 0.3) is 5.56 Å². The lowest BCUT2D eigenvalue weighted by molar-refractivity contribution is -0.158. The molecule has 2 aromatic rings. The molecule has 8 heteroatoms. The standard InChI is InChI=1S/C17H19N3O5/c1-11-3-2-4-12-15(11)18-10-19(16(12)22)6-5-14(21)20-7-8-25-9-13(20)17(23)24/h2-4,10,13H,5-9H2,1H3,(H,23,24)/t13-/m1/s1. The largest absolute Gasteiger partial charge is 0.480 e. The third-order valence-electron chi connectivity index (χ3n) is 4.36. The zero-order valence-electron chi connectivity index (χ0n) is 13.8. The molecule has 0 spiro atoms. The fraction of sp³-hybridized carbons (Fsp3) is 0.412. The maximum atomic E-state index is 12.5. The van der Waals surface area contributed by atoms with E-state index in [1.54, 1.807) is 12.1 Å². The van der Waals surface area contributed by atoms with Crippen molar-refractivity contribution in [2.75, 3.05) is 19.8 Å². The molecule has 1 fully saturated rings. The monoisotopic (exact) mass is 345 g/mol. The highest BCUT2D eigenvalue weighted by Gasteiger charge is 2.32. The Bertz CT molecular complexity index is 876. The topological polar surface area (TPSA) is 102 Å². The number of aromatic nitrogens is 2. The molecule has 0 unspecified atom stereocenters. The van der Waals surface area contributed by atoms with Crippen LogP contribution >= 0.6 is 0 Å². The number of carbonyl (C=O) groups excluding carboxylic acids is 1. The predicted octanol–water partition coefficient (Wildman–Crippen LogP) is 0.407. The van der Waals surface area contributed by atoms with Gasteiger partial charge in [-0.1, -0.05) is 12.1 Å². The molecule has 0 radical (unpaired) electrons. The highest BCUT2D eigenvalue weighted by Crippen LogP contribution is 2.12. The first-order chi connectivity index (χ1) is 12.0. The summed E-state index contributed by atoms with van der Waals surface area (Å²) < 4.78 is 6.51. The molecule has 132 valence electrons. The molecular formula is C17H19N3O5. The average Bonchev–Trinajstić information content (AvgIpc) is 2.61. The van der Waals surface area contributed by atoms with E-state index in [4.69, 9.17) is 4.74 Å². The van der Waals surface area contributed by atoms with Crippen LogP contribution in [0.1, 0.15) is 12.0 Å². The first-order valence-corrected chi connectivity index (χ1v) is 8.04. The molecule has 1 saturated heterocycles. The summed E-state index contributed by atoms with van der Waals surface area (Å²) in [6.45, 7) is 2.56. The zero-order chi connectivity index (χ0) is 18.0. The first-order valence-electron chi connectivity index (χ1n) is 8.04. The Morgan fingerprint density at radius 1 is 1.40 bits per heavy atom. The van der Waals surface area contributed by atoms with Gasteiger partial charge in [-0.05, 0) is 18.6 Å². The highest BCUT2D eigenvalue weighted by atomic mass is 16.5. The summed E-state index contributed by atoms with van der Waals surface area (Å²) >= 11 is 0. The Hall–Kier alpha value is -2.74. The number of carboxylic acids is 1. The Morgan fingerprint density at radius 2 is 2.20 bits per heavy atom. The van der Waals surface area contributed by atoms with E-state index in [0.717, 1.165) is 5.56 Å². The number of hydrogen-bond donors (Lipinski definition) is 1. The summed E-state index contributed by atoms with van der Waals surface area (Å²) in [6, 6.07) is 4.41. The second-order valence-electron chi connectivity index (χ2n) is 5.98. The van der Waals surface area contributed by atoms with Crippen LogP contribution in [0.5, 0.6) is 0 Å². The molecule has 1 aromatic heterocycles. The van der Waals surface area contributed by atoms with Crippen LogP contribution in [0.15, 0.2) is 29.3 Å². The van der Waals surface area contributed by atoms with Crippen molar-refractivity contribution in [3.05, 3.63) is 40.4 Å². The van der Waals surface area contributed by atoms with Crippen LogP contribution in [-0.2, 0) is 20.9 Å². The number of fused-ring (bicyclic) bond motifs is 1. The number of ether oxygens (including phenoxy) is 1. The zero-order valence-corrected chi connectivity index (χ0v) is 13.8. The van der Waals surface area contributed by atoms with Gasteiger partial charge in [-0.25, -0.2) is 9.78 Å². The lowest BCUT2D eigenvalue weighted by Gasteiger charge is -2.32. The second-order valence-corrected chi connectivity index (χ2v) is 5.98. The van der Waals surface area contributed by atoms with E-state index in [1.165, 1.54) is 15.8 Å². The highest BCUT2D eigenvalue weighted by molar-refractivity contribution is 5.84. The van der Waals surface area contributed by atoms with Crippen molar-refractivity contribution in [1.29, 1.82) is 0 Å². The van der Waals surface area contributed by atoms with Crippen molar-refractivity contribution in [3.63, 3.8) is 0 Å².